The summed E-state index contributed by atoms with van der Waals surface area (Å²) in [5.41, 5.74) is 1.69. The molecule has 1 aromatic carbocycles. The predicted octanol–water partition coefficient (Wildman–Crippen LogP) is 1.57. The van der Waals surface area contributed by atoms with Gasteiger partial charge in [0.25, 0.3) is 5.91 Å². The van der Waals surface area contributed by atoms with Gasteiger partial charge in [0.2, 0.25) is 0 Å². The number of hydrogen-bond donors (Lipinski definition) is 2. The van der Waals surface area contributed by atoms with Gasteiger partial charge < -0.3 is 15.5 Å². The standard InChI is InChI=1S/C18H21N7O/c1-24(2)15-6-4-14(5-7-15)18(26)20-12-11-19-16-8-9-17(23-22-16)25-13-3-10-21-25/h3-10,13H,11-12H2,1-2H3,(H,19,22)(H,20,26). The number of aromatic nitrogens is 4. The van der Waals surface area contributed by atoms with Crippen LogP contribution < -0.4 is 15.5 Å². The van der Waals surface area contributed by atoms with Gasteiger partial charge in [-0.2, -0.15) is 5.10 Å². The van der Waals surface area contributed by atoms with E-state index in [1.165, 1.54) is 0 Å². The highest BCUT2D eigenvalue weighted by Crippen LogP contribution is 2.12. The predicted molar refractivity (Wildman–Crippen MR) is 101 cm³/mol. The third-order valence-electron chi connectivity index (χ3n) is 3.75. The van der Waals surface area contributed by atoms with E-state index in [0.29, 0.717) is 30.3 Å². The van der Waals surface area contributed by atoms with Crippen LogP contribution in [0, 0.1) is 0 Å². The lowest BCUT2D eigenvalue weighted by Crippen LogP contribution is -2.29. The number of rotatable bonds is 7. The molecule has 0 saturated carbocycles. The number of hydrogen-bond acceptors (Lipinski definition) is 6. The first-order valence-electron chi connectivity index (χ1n) is 8.27. The Morgan fingerprint density at radius 3 is 2.50 bits per heavy atom. The normalized spacial score (nSPS) is 10.4. The van der Waals surface area contributed by atoms with Gasteiger partial charge in [-0.05, 0) is 42.5 Å². The van der Waals surface area contributed by atoms with E-state index in [1.807, 2.05) is 61.5 Å². The zero-order chi connectivity index (χ0) is 18.4. The Morgan fingerprint density at radius 2 is 1.88 bits per heavy atom. The second-order valence-corrected chi connectivity index (χ2v) is 5.85. The summed E-state index contributed by atoms with van der Waals surface area (Å²) in [5, 5.41) is 18.3. The summed E-state index contributed by atoms with van der Waals surface area (Å²) in [6.07, 6.45) is 3.49. The minimum absolute atomic E-state index is 0.0998. The van der Waals surface area contributed by atoms with E-state index < -0.39 is 0 Å². The van der Waals surface area contributed by atoms with Crippen molar-refractivity contribution in [1.82, 2.24) is 25.3 Å². The molecule has 0 aliphatic rings. The van der Waals surface area contributed by atoms with Crippen LogP contribution >= 0.6 is 0 Å². The Bertz CT molecular complexity index is 827. The van der Waals surface area contributed by atoms with Crippen LogP contribution in [-0.2, 0) is 0 Å². The van der Waals surface area contributed by atoms with Gasteiger partial charge in [-0.1, -0.05) is 0 Å². The highest BCUT2D eigenvalue weighted by molar-refractivity contribution is 5.94. The summed E-state index contributed by atoms with van der Waals surface area (Å²) in [5.74, 6) is 1.19. The Labute approximate surface area is 151 Å². The third kappa shape index (κ3) is 4.35. The SMILES string of the molecule is CN(C)c1ccc(C(=O)NCCNc2ccc(-n3cccn3)nn2)cc1. The molecular weight excluding hydrogens is 330 g/mol. The first-order valence-corrected chi connectivity index (χ1v) is 8.27. The summed E-state index contributed by atoms with van der Waals surface area (Å²) in [6, 6.07) is 13.0. The minimum Gasteiger partial charge on any atom is -0.378 e. The van der Waals surface area contributed by atoms with Crippen molar-refractivity contribution in [2.75, 3.05) is 37.4 Å². The fourth-order valence-corrected chi connectivity index (χ4v) is 2.33. The Hall–Kier alpha value is -3.42. The van der Waals surface area contributed by atoms with Crippen molar-refractivity contribution in [2.24, 2.45) is 0 Å². The van der Waals surface area contributed by atoms with Gasteiger partial charge in [-0.15, -0.1) is 10.2 Å². The maximum Gasteiger partial charge on any atom is 0.251 e. The van der Waals surface area contributed by atoms with Crippen LogP contribution in [0.2, 0.25) is 0 Å². The molecule has 8 nitrogen and oxygen atoms in total. The fraction of sp³-hybridized carbons (Fsp3) is 0.222. The van der Waals surface area contributed by atoms with E-state index in [1.54, 1.807) is 17.1 Å². The number of amides is 1. The van der Waals surface area contributed by atoms with E-state index in [4.69, 9.17) is 0 Å². The van der Waals surface area contributed by atoms with E-state index in [9.17, 15) is 4.79 Å². The molecule has 2 aromatic heterocycles. The molecule has 0 radical (unpaired) electrons. The first kappa shape index (κ1) is 17.4. The van der Waals surface area contributed by atoms with E-state index in [0.717, 1.165) is 5.69 Å². The summed E-state index contributed by atoms with van der Waals surface area (Å²) in [7, 11) is 3.93. The van der Waals surface area contributed by atoms with Gasteiger partial charge in [-0.3, -0.25) is 4.79 Å². The fourth-order valence-electron chi connectivity index (χ4n) is 2.33. The molecule has 2 N–H and O–H groups in total. The molecule has 0 bridgehead atoms. The van der Waals surface area contributed by atoms with Crippen molar-refractivity contribution in [3.05, 3.63) is 60.4 Å². The van der Waals surface area contributed by atoms with Gasteiger partial charge in [0.05, 0.1) is 0 Å². The molecule has 0 unspecified atom stereocenters. The van der Waals surface area contributed by atoms with Gasteiger partial charge in [0, 0.05) is 50.8 Å². The van der Waals surface area contributed by atoms with Crippen LogP contribution in [-0.4, -0.2) is 53.1 Å². The molecule has 1 amide bonds. The quantitative estimate of drug-likeness (QED) is 0.628. The van der Waals surface area contributed by atoms with E-state index in [-0.39, 0.29) is 5.91 Å². The molecule has 0 saturated heterocycles. The zero-order valence-corrected chi connectivity index (χ0v) is 14.8. The average Bonchev–Trinajstić information content (AvgIpc) is 3.20. The van der Waals surface area contributed by atoms with Crippen LogP contribution in [0.15, 0.2) is 54.9 Å². The molecule has 134 valence electrons. The Balaban J connectivity index is 1.44. The average molecular weight is 351 g/mol. The van der Waals surface area contributed by atoms with Gasteiger partial charge in [0.1, 0.15) is 5.82 Å². The molecular formula is C18H21N7O. The lowest BCUT2D eigenvalue weighted by atomic mass is 10.2. The molecule has 26 heavy (non-hydrogen) atoms. The van der Waals surface area contributed by atoms with Crippen molar-refractivity contribution >= 4 is 17.4 Å². The van der Waals surface area contributed by atoms with Crippen LogP contribution in [0.25, 0.3) is 5.82 Å². The van der Waals surface area contributed by atoms with Gasteiger partial charge in [0.15, 0.2) is 5.82 Å². The number of nitrogens with zero attached hydrogens (tertiary/aromatic N) is 5. The molecule has 0 aliphatic heterocycles. The lowest BCUT2D eigenvalue weighted by Gasteiger charge is -2.12. The van der Waals surface area contributed by atoms with Crippen molar-refractivity contribution in [3.8, 4) is 5.82 Å². The number of benzene rings is 1. The smallest absolute Gasteiger partial charge is 0.251 e. The summed E-state index contributed by atoms with van der Waals surface area (Å²) in [6.45, 7) is 1.04. The van der Waals surface area contributed by atoms with Gasteiger partial charge in [-0.25, -0.2) is 4.68 Å². The van der Waals surface area contributed by atoms with Crippen molar-refractivity contribution in [1.29, 1.82) is 0 Å². The largest absolute Gasteiger partial charge is 0.378 e. The lowest BCUT2D eigenvalue weighted by molar-refractivity contribution is 0.0955. The second-order valence-electron chi connectivity index (χ2n) is 5.85. The number of anilines is 2. The number of nitrogens with one attached hydrogen (secondary N) is 2. The van der Waals surface area contributed by atoms with Crippen LogP contribution in [0.1, 0.15) is 10.4 Å². The highest BCUT2D eigenvalue weighted by atomic mass is 16.1. The van der Waals surface area contributed by atoms with Crippen LogP contribution in [0.3, 0.4) is 0 Å². The minimum atomic E-state index is -0.0998. The van der Waals surface area contributed by atoms with Crippen LogP contribution in [0.5, 0.6) is 0 Å². The van der Waals surface area contributed by atoms with Crippen molar-refractivity contribution < 1.29 is 4.79 Å². The molecule has 8 heteroatoms. The van der Waals surface area contributed by atoms with Crippen molar-refractivity contribution in [3.63, 3.8) is 0 Å². The first-order chi connectivity index (χ1) is 12.6. The number of carbonyl (C=O) groups is 1. The van der Waals surface area contributed by atoms with Crippen LogP contribution in [0.4, 0.5) is 11.5 Å². The van der Waals surface area contributed by atoms with Gasteiger partial charge >= 0.3 is 0 Å². The molecule has 0 fully saturated rings. The molecule has 0 atom stereocenters. The third-order valence-corrected chi connectivity index (χ3v) is 3.75. The second kappa shape index (κ2) is 8.11. The maximum atomic E-state index is 12.1. The molecule has 0 aliphatic carbocycles. The highest BCUT2D eigenvalue weighted by Gasteiger charge is 2.05. The molecule has 0 spiro atoms. The summed E-state index contributed by atoms with van der Waals surface area (Å²) < 4.78 is 1.64. The molecule has 3 rings (SSSR count). The van der Waals surface area contributed by atoms with Crippen molar-refractivity contribution in [2.45, 2.75) is 0 Å². The Morgan fingerprint density at radius 1 is 1.08 bits per heavy atom. The van der Waals surface area contributed by atoms with E-state index in [2.05, 4.69) is 25.9 Å². The molecule has 3 aromatic rings. The Kier molecular flexibility index (Phi) is 5.43. The zero-order valence-electron chi connectivity index (χ0n) is 14.8. The molecule has 2 heterocycles. The summed E-state index contributed by atoms with van der Waals surface area (Å²) >= 11 is 0. The summed E-state index contributed by atoms with van der Waals surface area (Å²) in [4.78, 5) is 14.1. The number of carbonyl (C=O) groups excluding carboxylic acids is 1. The topological polar surface area (TPSA) is 88.0 Å². The monoisotopic (exact) mass is 351 g/mol. The van der Waals surface area contributed by atoms with E-state index >= 15 is 0 Å². The maximum absolute atomic E-state index is 12.1.